The van der Waals surface area contributed by atoms with Crippen LogP contribution in [0.1, 0.15) is 26.3 Å². The summed E-state index contributed by atoms with van der Waals surface area (Å²) in [5, 5.41) is 3.75. The van der Waals surface area contributed by atoms with Crippen molar-refractivity contribution in [1.29, 1.82) is 0 Å². The molecule has 1 aliphatic carbocycles. The van der Waals surface area contributed by atoms with Crippen LogP contribution in [-0.2, 0) is 6.54 Å². The van der Waals surface area contributed by atoms with Crippen LogP contribution in [0.5, 0.6) is 0 Å². The summed E-state index contributed by atoms with van der Waals surface area (Å²) in [5.74, 6) is 1.79. The molecule has 1 unspecified atom stereocenters. The van der Waals surface area contributed by atoms with Gasteiger partial charge in [0.1, 0.15) is 0 Å². The van der Waals surface area contributed by atoms with Crippen LogP contribution >= 0.6 is 0 Å². The van der Waals surface area contributed by atoms with Gasteiger partial charge in [-0.25, -0.2) is 0 Å². The minimum atomic E-state index is 0.263. The fraction of sp³-hybridized carbons (Fsp3) is 0.625. The lowest BCUT2D eigenvalue weighted by Gasteiger charge is -2.25. The predicted molar refractivity (Wildman–Crippen MR) is 75.4 cm³/mol. The van der Waals surface area contributed by atoms with Gasteiger partial charge in [0.15, 0.2) is 0 Å². The maximum absolute atomic E-state index is 3.75. The minimum Gasteiger partial charge on any atom is -0.309 e. The highest BCUT2D eigenvalue weighted by Gasteiger charge is 2.56. The number of hydrogen-bond donors (Lipinski definition) is 1. The van der Waals surface area contributed by atoms with E-state index >= 15 is 0 Å². The van der Waals surface area contributed by atoms with Crippen LogP contribution in [0, 0.1) is 11.8 Å². The average molecular weight is 244 g/mol. The molecular weight excluding hydrogens is 220 g/mol. The topological polar surface area (TPSA) is 15.3 Å². The van der Waals surface area contributed by atoms with Gasteiger partial charge in [-0.15, -0.1) is 0 Å². The van der Waals surface area contributed by atoms with E-state index in [0.29, 0.717) is 0 Å². The van der Waals surface area contributed by atoms with Gasteiger partial charge in [-0.2, -0.15) is 0 Å². The fourth-order valence-corrected chi connectivity index (χ4v) is 3.30. The Hall–Kier alpha value is -0.860. The zero-order valence-electron chi connectivity index (χ0n) is 11.7. The summed E-state index contributed by atoms with van der Waals surface area (Å²) in [6, 6.07) is 11.6. The van der Waals surface area contributed by atoms with Gasteiger partial charge in [0.2, 0.25) is 0 Å². The highest BCUT2D eigenvalue weighted by molar-refractivity contribution is 5.17. The first-order chi connectivity index (χ1) is 8.53. The Morgan fingerprint density at radius 1 is 1.11 bits per heavy atom. The molecule has 98 valence electrons. The lowest BCUT2D eigenvalue weighted by atomic mass is 10.1. The molecule has 0 bridgehead atoms. The van der Waals surface area contributed by atoms with Gasteiger partial charge >= 0.3 is 0 Å². The molecule has 1 saturated heterocycles. The van der Waals surface area contributed by atoms with Gasteiger partial charge in [0, 0.05) is 31.2 Å². The summed E-state index contributed by atoms with van der Waals surface area (Å²) < 4.78 is 0. The maximum Gasteiger partial charge on any atom is 0.0233 e. The van der Waals surface area contributed by atoms with E-state index in [2.05, 4.69) is 61.3 Å². The molecule has 3 atom stereocenters. The molecule has 3 rings (SSSR count). The second-order valence-electron chi connectivity index (χ2n) is 6.93. The van der Waals surface area contributed by atoms with Gasteiger partial charge in [0.25, 0.3) is 0 Å². The third kappa shape index (κ3) is 2.60. The van der Waals surface area contributed by atoms with Gasteiger partial charge in [0.05, 0.1) is 0 Å². The highest BCUT2D eigenvalue weighted by atomic mass is 15.2. The van der Waals surface area contributed by atoms with E-state index in [1.165, 1.54) is 18.7 Å². The van der Waals surface area contributed by atoms with Gasteiger partial charge in [-0.05, 0) is 38.2 Å². The van der Waals surface area contributed by atoms with Crippen LogP contribution in [0.3, 0.4) is 0 Å². The molecule has 2 nitrogen and oxygen atoms in total. The maximum atomic E-state index is 3.75. The van der Waals surface area contributed by atoms with E-state index in [1.807, 2.05) is 0 Å². The van der Waals surface area contributed by atoms with E-state index in [1.54, 1.807) is 0 Å². The predicted octanol–water partition coefficient (Wildman–Crippen LogP) is 2.50. The van der Waals surface area contributed by atoms with Gasteiger partial charge < -0.3 is 5.32 Å². The van der Waals surface area contributed by atoms with Crippen molar-refractivity contribution >= 4 is 0 Å². The SMILES string of the molecule is CC(C)(C)NC1[C@H]2CN(Cc3ccccc3)C[C@@H]12. The van der Waals surface area contributed by atoms with Gasteiger partial charge in [-0.1, -0.05) is 30.3 Å². The minimum absolute atomic E-state index is 0.263. The Kier molecular flexibility index (Phi) is 2.95. The molecule has 1 N–H and O–H groups in total. The lowest BCUT2D eigenvalue weighted by Crippen LogP contribution is -2.41. The monoisotopic (exact) mass is 244 g/mol. The Morgan fingerprint density at radius 3 is 2.28 bits per heavy atom. The van der Waals surface area contributed by atoms with Crippen LogP contribution in [0.15, 0.2) is 30.3 Å². The van der Waals surface area contributed by atoms with Crippen LogP contribution in [-0.4, -0.2) is 29.6 Å². The summed E-state index contributed by atoms with van der Waals surface area (Å²) >= 11 is 0. The van der Waals surface area contributed by atoms with E-state index in [-0.39, 0.29) is 5.54 Å². The summed E-state index contributed by atoms with van der Waals surface area (Å²) in [7, 11) is 0. The standard InChI is InChI=1S/C16H24N2/c1-16(2,3)17-15-13-10-18(11-14(13)15)9-12-7-5-4-6-8-12/h4-8,13-15,17H,9-11H2,1-3H3/t13-,14+,15?. The third-order valence-electron chi connectivity index (χ3n) is 4.12. The number of piperidine rings is 1. The Bertz CT molecular complexity index is 395. The van der Waals surface area contributed by atoms with Crippen LogP contribution < -0.4 is 5.32 Å². The van der Waals surface area contributed by atoms with Crippen molar-refractivity contribution in [3.63, 3.8) is 0 Å². The van der Waals surface area contributed by atoms with Crippen LogP contribution in [0.4, 0.5) is 0 Å². The number of nitrogens with one attached hydrogen (secondary N) is 1. The number of hydrogen-bond acceptors (Lipinski definition) is 2. The van der Waals surface area contributed by atoms with Crippen LogP contribution in [0.2, 0.25) is 0 Å². The molecule has 1 saturated carbocycles. The van der Waals surface area contributed by atoms with E-state index in [9.17, 15) is 0 Å². The third-order valence-corrected chi connectivity index (χ3v) is 4.12. The quantitative estimate of drug-likeness (QED) is 0.879. The molecule has 1 aromatic carbocycles. The number of fused-ring (bicyclic) bond motifs is 1. The highest BCUT2D eigenvalue weighted by Crippen LogP contribution is 2.46. The van der Waals surface area contributed by atoms with Crippen molar-refractivity contribution in [2.24, 2.45) is 11.8 Å². The first kappa shape index (κ1) is 12.2. The average Bonchev–Trinajstić information content (AvgIpc) is 2.73. The largest absolute Gasteiger partial charge is 0.309 e. The summed E-state index contributed by atoms with van der Waals surface area (Å²) in [6.07, 6.45) is 0. The molecule has 2 aliphatic rings. The van der Waals surface area contributed by atoms with Crippen molar-refractivity contribution in [3.8, 4) is 0 Å². The number of rotatable bonds is 3. The second kappa shape index (κ2) is 4.36. The Morgan fingerprint density at radius 2 is 1.72 bits per heavy atom. The number of likely N-dealkylation sites (tertiary alicyclic amines) is 1. The molecule has 2 heteroatoms. The zero-order valence-corrected chi connectivity index (χ0v) is 11.7. The Labute approximate surface area is 110 Å². The first-order valence-electron chi connectivity index (χ1n) is 7.07. The van der Waals surface area contributed by atoms with E-state index in [4.69, 9.17) is 0 Å². The molecular formula is C16H24N2. The molecule has 1 aliphatic heterocycles. The summed E-state index contributed by atoms with van der Waals surface area (Å²) in [6.45, 7) is 10.5. The van der Waals surface area contributed by atoms with Crippen molar-refractivity contribution in [2.75, 3.05) is 13.1 Å². The Balaban J connectivity index is 1.49. The second-order valence-corrected chi connectivity index (χ2v) is 6.93. The van der Waals surface area contributed by atoms with Crippen molar-refractivity contribution in [3.05, 3.63) is 35.9 Å². The number of nitrogens with zero attached hydrogens (tertiary/aromatic N) is 1. The van der Waals surface area contributed by atoms with Crippen molar-refractivity contribution in [2.45, 2.75) is 38.9 Å². The fourth-order valence-electron chi connectivity index (χ4n) is 3.30. The smallest absolute Gasteiger partial charge is 0.0233 e. The van der Waals surface area contributed by atoms with Crippen LogP contribution in [0.25, 0.3) is 0 Å². The summed E-state index contributed by atoms with van der Waals surface area (Å²) in [4.78, 5) is 2.60. The lowest BCUT2D eigenvalue weighted by molar-refractivity contribution is 0.268. The molecule has 1 aromatic rings. The molecule has 1 heterocycles. The zero-order chi connectivity index (χ0) is 12.8. The molecule has 0 aromatic heterocycles. The normalized spacial score (nSPS) is 31.4. The molecule has 2 fully saturated rings. The van der Waals surface area contributed by atoms with Crippen molar-refractivity contribution < 1.29 is 0 Å². The molecule has 0 radical (unpaired) electrons. The van der Waals surface area contributed by atoms with E-state index < -0.39 is 0 Å². The summed E-state index contributed by atoms with van der Waals surface area (Å²) in [5.41, 5.74) is 1.71. The molecule has 0 spiro atoms. The molecule has 0 amide bonds. The number of benzene rings is 1. The van der Waals surface area contributed by atoms with Crippen molar-refractivity contribution in [1.82, 2.24) is 10.2 Å². The van der Waals surface area contributed by atoms with E-state index in [0.717, 1.165) is 24.4 Å². The van der Waals surface area contributed by atoms with Gasteiger partial charge in [-0.3, -0.25) is 4.90 Å². The first-order valence-corrected chi connectivity index (χ1v) is 7.07. The molecule has 18 heavy (non-hydrogen) atoms.